The van der Waals surface area contributed by atoms with Gasteiger partial charge in [0.1, 0.15) is 4.21 Å². The Kier molecular flexibility index (Phi) is 4.80. The molecule has 23 heavy (non-hydrogen) atoms. The molecule has 1 aromatic heterocycles. The number of thiophene rings is 1. The minimum Gasteiger partial charge on any atom is -0.330 e. The molecule has 1 aliphatic heterocycles. The number of hydrogen-bond donors (Lipinski definition) is 1. The smallest absolute Gasteiger partial charge is 0.252 e. The topological polar surface area (TPSA) is 63.4 Å². The van der Waals surface area contributed by atoms with Gasteiger partial charge in [0, 0.05) is 19.0 Å². The molecule has 1 saturated heterocycles. The third kappa shape index (κ3) is 3.19. The van der Waals surface area contributed by atoms with Gasteiger partial charge >= 0.3 is 0 Å². The van der Waals surface area contributed by atoms with Gasteiger partial charge < -0.3 is 5.73 Å². The van der Waals surface area contributed by atoms with Crippen molar-refractivity contribution in [2.24, 2.45) is 11.7 Å². The van der Waals surface area contributed by atoms with Gasteiger partial charge in [0.2, 0.25) is 0 Å². The predicted molar refractivity (Wildman–Crippen MR) is 94.6 cm³/mol. The number of benzene rings is 1. The summed E-state index contributed by atoms with van der Waals surface area (Å²) in [5, 5.41) is 0. The fourth-order valence-corrected chi connectivity index (χ4v) is 6.42. The lowest BCUT2D eigenvalue weighted by Crippen LogP contribution is -2.29. The minimum absolute atomic E-state index is 0.128. The lowest BCUT2D eigenvalue weighted by molar-refractivity contribution is 0.460. The van der Waals surface area contributed by atoms with E-state index in [1.54, 1.807) is 10.4 Å². The average molecular weight is 371 g/mol. The quantitative estimate of drug-likeness (QED) is 0.899. The highest BCUT2D eigenvalue weighted by molar-refractivity contribution is 7.91. The number of nitrogens with two attached hydrogens (primary N) is 1. The van der Waals surface area contributed by atoms with Crippen LogP contribution in [0.15, 0.2) is 40.6 Å². The van der Waals surface area contributed by atoms with Crippen molar-refractivity contribution in [3.8, 4) is 0 Å². The van der Waals surface area contributed by atoms with E-state index in [9.17, 15) is 8.42 Å². The Morgan fingerprint density at radius 2 is 2.00 bits per heavy atom. The monoisotopic (exact) mass is 370 g/mol. The normalized spacial score (nSPS) is 22.6. The number of rotatable bonds is 4. The third-order valence-electron chi connectivity index (χ3n) is 4.37. The van der Waals surface area contributed by atoms with Gasteiger partial charge in [0.25, 0.3) is 10.0 Å². The molecular weight excluding hydrogens is 352 g/mol. The van der Waals surface area contributed by atoms with Crippen LogP contribution in [0, 0.1) is 12.8 Å². The molecule has 4 nitrogen and oxygen atoms in total. The molecule has 0 radical (unpaired) electrons. The van der Waals surface area contributed by atoms with Crippen molar-refractivity contribution in [2.75, 3.05) is 19.6 Å². The molecule has 1 fully saturated rings. The summed E-state index contributed by atoms with van der Waals surface area (Å²) in [5.74, 6) is 0.260. The minimum atomic E-state index is -3.51. The van der Waals surface area contributed by atoms with Gasteiger partial charge in [0.15, 0.2) is 0 Å². The highest BCUT2D eigenvalue weighted by atomic mass is 35.5. The summed E-state index contributed by atoms with van der Waals surface area (Å²) in [5.41, 5.74) is 7.83. The van der Waals surface area contributed by atoms with E-state index >= 15 is 0 Å². The number of aryl methyl sites for hydroxylation is 1. The van der Waals surface area contributed by atoms with Crippen molar-refractivity contribution in [3.05, 3.63) is 51.9 Å². The van der Waals surface area contributed by atoms with Gasteiger partial charge in [-0.3, -0.25) is 0 Å². The van der Waals surface area contributed by atoms with Gasteiger partial charge in [-0.1, -0.05) is 41.9 Å². The molecule has 1 aliphatic rings. The summed E-state index contributed by atoms with van der Waals surface area (Å²) in [6.07, 6.45) is 0. The maximum absolute atomic E-state index is 12.9. The van der Waals surface area contributed by atoms with Crippen molar-refractivity contribution in [2.45, 2.75) is 17.1 Å². The number of sulfonamides is 1. The van der Waals surface area contributed by atoms with E-state index in [2.05, 4.69) is 0 Å². The van der Waals surface area contributed by atoms with Crippen LogP contribution in [-0.4, -0.2) is 32.4 Å². The molecule has 1 aromatic carbocycles. The molecule has 7 heteroatoms. The van der Waals surface area contributed by atoms with E-state index in [0.717, 1.165) is 22.5 Å². The van der Waals surface area contributed by atoms with Gasteiger partial charge in [-0.15, -0.1) is 11.3 Å². The molecule has 0 saturated carbocycles. The van der Waals surface area contributed by atoms with Crippen molar-refractivity contribution in [1.82, 2.24) is 4.31 Å². The zero-order chi connectivity index (χ0) is 16.6. The van der Waals surface area contributed by atoms with Crippen molar-refractivity contribution in [3.63, 3.8) is 0 Å². The maximum atomic E-state index is 12.9. The Bertz CT molecular complexity index is 770. The third-order valence-corrected chi connectivity index (χ3v) is 8.20. The first-order valence-corrected chi connectivity index (χ1v) is 10.1. The molecule has 2 heterocycles. The summed E-state index contributed by atoms with van der Waals surface area (Å²) in [4.78, 5) is 0. The SMILES string of the molecule is Cc1cc(S(=O)(=O)N2C[C@@H](CN)[C@H](c3ccccc3)C2)sc1Cl. The van der Waals surface area contributed by atoms with Crippen LogP contribution in [-0.2, 0) is 10.0 Å². The zero-order valence-electron chi connectivity index (χ0n) is 12.8. The van der Waals surface area contributed by atoms with Crippen LogP contribution in [0.5, 0.6) is 0 Å². The summed E-state index contributed by atoms with van der Waals surface area (Å²) in [7, 11) is -3.51. The largest absolute Gasteiger partial charge is 0.330 e. The molecular formula is C16H19ClN2O2S2. The maximum Gasteiger partial charge on any atom is 0.252 e. The van der Waals surface area contributed by atoms with E-state index in [1.807, 2.05) is 37.3 Å². The van der Waals surface area contributed by atoms with Crippen molar-refractivity contribution >= 4 is 33.0 Å². The Morgan fingerprint density at radius 1 is 1.30 bits per heavy atom. The first-order chi connectivity index (χ1) is 10.9. The molecule has 2 aromatic rings. The molecule has 0 aliphatic carbocycles. The second-order valence-electron chi connectivity index (χ2n) is 5.86. The lowest BCUT2D eigenvalue weighted by atomic mass is 9.89. The van der Waals surface area contributed by atoms with E-state index in [4.69, 9.17) is 17.3 Å². The van der Waals surface area contributed by atoms with Gasteiger partial charge in [-0.05, 0) is 36.6 Å². The molecule has 3 rings (SSSR count). The fourth-order valence-electron chi connectivity index (χ4n) is 3.03. The van der Waals surface area contributed by atoms with Crippen LogP contribution in [0.3, 0.4) is 0 Å². The van der Waals surface area contributed by atoms with Crippen molar-refractivity contribution < 1.29 is 8.42 Å². The molecule has 0 bridgehead atoms. The van der Waals surface area contributed by atoms with E-state index in [1.165, 1.54) is 0 Å². The fraction of sp³-hybridized carbons (Fsp3) is 0.375. The van der Waals surface area contributed by atoms with E-state index in [0.29, 0.717) is 28.2 Å². The molecule has 124 valence electrons. The van der Waals surface area contributed by atoms with Crippen LogP contribution in [0.25, 0.3) is 0 Å². The van der Waals surface area contributed by atoms with E-state index < -0.39 is 10.0 Å². The Morgan fingerprint density at radius 3 is 2.57 bits per heavy atom. The van der Waals surface area contributed by atoms with Crippen molar-refractivity contribution in [1.29, 1.82) is 0 Å². The molecule has 0 spiro atoms. The average Bonchev–Trinajstić information content (AvgIpc) is 3.13. The summed E-state index contributed by atoms with van der Waals surface area (Å²) in [6.45, 7) is 3.20. The van der Waals surface area contributed by atoms with Crippen LogP contribution in [0.4, 0.5) is 0 Å². The van der Waals surface area contributed by atoms with Gasteiger partial charge in [-0.2, -0.15) is 4.31 Å². The second-order valence-corrected chi connectivity index (χ2v) is 9.68. The lowest BCUT2D eigenvalue weighted by Gasteiger charge is -2.16. The highest BCUT2D eigenvalue weighted by Crippen LogP contribution is 2.38. The summed E-state index contributed by atoms with van der Waals surface area (Å²) in [6, 6.07) is 11.6. The number of hydrogen-bond acceptors (Lipinski definition) is 4. The van der Waals surface area contributed by atoms with Gasteiger partial charge in [0.05, 0.1) is 4.34 Å². The first kappa shape index (κ1) is 16.9. The number of halogens is 1. The van der Waals surface area contributed by atoms with Crippen LogP contribution in [0.2, 0.25) is 4.34 Å². The Hall–Kier alpha value is -0.920. The highest BCUT2D eigenvalue weighted by Gasteiger charge is 2.40. The molecule has 0 amide bonds. The molecule has 2 atom stereocenters. The standard InChI is InChI=1S/C16H19ClN2O2S2/c1-11-7-15(22-16(11)17)23(20,21)19-9-13(8-18)14(10-19)12-5-3-2-4-6-12/h2-7,13-14H,8-10,18H2,1H3/t13-,14+/m1/s1. The van der Waals surface area contributed by atoms with Gasteiger partial charge in [-0.25, -0.2) is 8.42 Å². The predicted octanol–water partition coefficient (Wildman–Crippen LogP) is 3.07. The Balaban J connectivity index is 1.90. The van der Waals surface area contributed by atoms with E-state index in [-0.39, 0.29) is 11.8 Å². The summed E-state index contributed by atoms with van der Waals surface area (Å²) >= 11 is 7.16. The first-order valence-electron chi connectivity index (χ1n) is 7.44. The number of nitrogens with zero attached hydrogens (tertiary/aromatic N) is 1. The zero-order valence-corrected chi connectivity index (χ0v) is 15.2. The summed E-state index contributed by atoms with van der Waals surface area (Å²) < 4.78 is 28.1. The molecule has 2 N–H and O–H groups in total. The molecule has 0 unspecified atom stereocenters. The second kappa shape index (κ2) is 6.53. The van der Waals surface area contributed by atoms with Crippen LogP contribution in [0.1, 0.15) is 17.0 Å². The Labute approximate surface area is 145 Å². The van der Waals surface area contributed by atoms with Crippen LogP contribution < -0.4 is 5.73 Å². The van der Waals surface area contributed by atoms with Crippen LogP contribution >= 0.6 is 22.9 Å².